The van der Waals surface area contributed by atoms with Crippen molar-refractivity contribution in [1.29, 1.82) is 0 Å². The fourth-order valence-electron chi connectivity index (χ4n) is 3.35. The van der Waals surface area contributed by atoms with Gasteiger partial charge in [-0.25, -0.2) is 0 Å². The monoisotopic (exact) mass is 556 g/mol. The molecule has 2 aromatic carbocycles. The van der Waals surface area contributed by atoms with Gasteiger partial charge in [0.15, 0.2) is 6.61 Å². The zero-order chi connectivity index (χ0) is 24.7. The van der Waals surface area contributed by atoms with Crippen LogP contribution in [0.15, 0.2) is 40.9 Å². The highest BCUT2D eigenvalue weighted by molar-refractivity contribution is 9.10. The van der Waals surface area contributed by atoms with Gasteiger partial charge in [-0.05, 0) is 77.5 Å². The van der Waals surface area contributed by atoms with E-state index in [1.165, 1.54) is 4.90 Å². The summed E-state index contributed by atoms with van der Waals surface area (Å²) in [6.07, 6.45) is 0.457. The van der Waals surface area contributed by atoms with Crippen LogP contribution in [0.25, 0.3) is 0 Å². The van der Waals surface area contributed by atoms with E-state index in [1.54, 1.807) is 18.2 Å². The molecule has 8 heteroatoms. The smallest absolute Gasteiger partial charge is 0.261 e. The Kier molecular flexibility index (Phi) is 10.5. The van der Waals surface area contributed by atoms with E-state index in [0.717, 1.165) is 15.6 Å². The Labute approximate surface area is 214 Å². The third kappa shape index (κ3) is 7.90. The highest BCUT2D eigenvalue weighted by atomic mass is 79.9. The van der Waals surface area contributed by atoms with E-state index in [4.69, 9.17) is 27.9 Å². The molecule has 0 saturated heterocycles. The summed E-state index contributed by atoms with van der Waals surface area (Å²) in [6, 6.07) is 10.3. The molecule has 180 valence electrons. The number of rotatable bonds is 10. The number of carbonyl (C=O) groups excluding carboxylic acids is 2. The van der Waals surface area contributed by atoms with Gasteiger partial charge in [-0.3, -0.25) is 9.59 Å². The third-order valence-electron chi connectivity index (χ3n) is 5.13. The number of halogens is 3. The lowest BCUT2D eigenvalue weighted by Crippen LogP contribution is -2.51. The summed E-state index contributed by atoms with van der Waals surface area (Å²) in [5.41, 5.74) is 1.94. The molecule has 2 aromatic rings. The maximum atomic E-state index is 13.3. The zero-order valence-corrected chi connectivity index (χ0v) is 22.7. The maximum absolute atomic E-state index is 13.3. The van der Waals surface area contributed by atoms with Gasteiger partial charge in [-0.15, -0.1) is 0 Å². The number of nitrogens with one attached hydrogen (secondary N) is 1. The van der Waals surface area contributed by atoms with Crippen LogP contribution in [-0.2, 0) is 16.1 Å². The molecular weight excluding hydrogens is 527 g/mol. The summed E-state index contributed by atoms with van der Waals surface area (Å²) in [6.45, 7) is 9.87. The summed E-state index contributed by atoms with van der Waals surface area (Å²) in [7, 11) is 0. The van der Waals surface area contributed by atoms with Gasteiger partial charge in [0.25, 0.3) is 5.91 Å². The zero-order valence-electron chi connectivity index (χ0n) is 19.6. The molecule has 0 aliphatic heterocycles. The first-order valence-electron chi connectivity index (χ1n) is 11.0. The van der Waals surface area contributed by atoms with Crippen molar-refractivity contribution in [3.63, 3.8) is 0 Å². The van der Waals surface area contributed by atoms with Gasteiger partial charge in [-0.1, -0.05) is 56.1 Å². The lowest BCUT2D eigenvalue weighted by Gasteiger charge is -2.31. The lowest BCUT2D eigenvalue weighted by atomic mass is 10.0. The second-order valence-electron chi connectivity index (χ2n) is 8.49. The van der Waals surface area contributed by atoms with Crippen molar-refractivity contribution in [2.24, 2.45) is 0 Å². The maximum Gasteiger partial charge on any atom is 0.261 e. The molecule has 2 rings (SSSR count). The number of hydrogen-bond acceptors (Lipinski definition) is 3. The molecule has 1 atom stereocenters. The molecule has 1 N–H and O–H groups in total. The second-order valence-corrected chi connectivity index (χ2v) is 10.2. The topological polar surface area (TPSA) is 58.6 Å². The first-order chi connectivity index (χ1) is 15.5. The fourth-order valence-corrected chi connectivity index (χ4v) is 4.18. The Bertz CT molecular complexity index is 982. The van der Waals surface area contributed by atoms with Crippen LogP contribution in [-0.4, -0.2) is 35.4 Å². The molecule has 33 heavy (non-hydrogen) atoms. The Morgan fingerprint density at radius 1 is 1.06 bits per heavy atom. The van der Waals surface area contributed by atoms with Crippen LogP contribution < -0.4 is 10.1 Å². The molecule has 0 aliphatic rings. The molecule has 0 saturated carbocycles. The summed E-state index contributed by atoms with van der Waals surface area (Å²) < 4.78 is 6.61. The van der Waals surface area contributed by atoms with Crippen LogP contribution in [0, 0.1) is 0 Å². The van der Waals surface area contributed by atoms with Crippen molar-refractivity contribution in [3.05, 3.63) is 62.0 Å². The minimum absolute atomic E-state index is 0.0415. The van der Waals surface area contributed by atoms with Crippen molar-refractivity contribution in [1.82, 2.24) is 10.2 Å². The molecule has 2 amide bonds. The summed E-state index contributed by atoms with van der Waals surface area (Å²) in [5, 5.41) is 3.73. The molecule has 0 aliphatic carbocycles. The number of benzene rings is 2. The molecule has 0 unspecified atom stereocenters. The molecule has 0 fully saturated rings. The van der Waals surface area contributed by atoms with Crippen LogP contribution in [0.1, 0.15) is 58.1 Å². The Morgan fingerprint density at radius 2 is 1.76 bits per heavy atom. The summed E-state index contributed by atoms with van der Waals surface area (Å²) in [4.78, 5) is 27.7. The Balaban J connectivity index is 2.26. The number of carbonyl (C=O) groups is 2. The van der Waals surface area contributed by atoms with Gasteiger partial charge in [0.2, 0.25) is 5.91 Å². The van der Waals surface area contributed by atoms with Crippen molar-refractivity contribution < 1.29 is 14.3 Å². The summed E-state index contributed by atoms with van der Waals surface area (Å²) >= 11 is 15.7. The van der Waals surface area contributed by atoms with Crippen LogP contribution in [0.2, 0.25) is 10.0 Å². The molecule has 0 spiro atoms. The standard InChI is InChI=1S/C25H31BrCl2N2O3/c1-6-22(25(32)29-16(4)5)30(13-17-7-9-20(27)21(28)11-17)24(31)14-33-23-10-8-18(15(2)3)12-19(23)26/h7-12,15-16,22H,6,13-14H2,1-5H3,(H,29,32)/t22-/m1/s1. The highest BCUT2D eigenvalue weighted by Crippen LogP contribution is 2.29. The van der Waals surface area contributed by atoms with Gasteiger partial charge in [0.1, 0.15) is 11.8 Å². The Morgan fingerprint density at radius 3 is 2.30 bits per heavy atom. The highest BCUT2D eigenvalue weighted by Gasteiger charge is 2.29. The molecule has 0 aromatic heterocycles. The molecule has 5 nitrogen and oxygen atoms in total. The molecular formula is C25H31BrCl2N2O3. The quantitative estimate of drug-likeness (QED) is 0.358. The number of amides is 2. The second kappa shape index (κ2) is 12.6. The van der Waals surface area contributed by atoms with E-state index in [-0.39, 0.29) is 31.0 Å². The van der Waals surface area contributed by atoms with Gasteiger partial charge in [0.05, 0.1) is 14.5 Å². The number of ether oxygens (including phenoxy) is 1. The summed E-state index contributed by atoms with van der Waals surface area (Å²) in [5.74, 6) is 0.445. The largest absolute Gasteiger partial charge is 0.483 e. The van der Waals surface area contributed by atoms with Crippen LogP contribution in [0.4, 0.5) is 0 Å². The van der Waals surface area contributed by atoms with Crippen molar-refractivity contribution in [2.75, 3.05) is 6.61 Å². The molecule has 0 radical (unpaired) electrons. The lowest BCUT2D eigenvalue weighted by molar-refractivity contribution is -0.143. The SMILES string of the molecule is CC[C@H](C(=O)NC(C)C)N(Cc1ccc(Cl)c(Cl)c1)C(=O)COc1ccc(C(C)C)cc1Br. The first kappa shape index (κ1) is 27.5. The van der Waals surface area contributed by atoms with E-state index in [9.17, 15) is 9.59 Å². The van der Waals surface area contributed by atoms with Crippen LogP contribution in [0.3, 0.4) is 0 Å². The van der Waals surface area contributed by atoms with Gasteiger partial charge in [-0.2, -0.15) is 0 Å². The van der Waals surface area contributed by atoms with Gasteiger partial charge in [0, 0.05) is 12.6 Å². The van der Waals surface area contributed by atoms with Gasteiger partial charge < -0.3 is 15.0 Å². The van der Waals surface area contributed by atoms with Gasteiger partial charge >= 0.3 is 0 Å². The molecule has 0 bridgehead atoms. The van der Waals surface area contributed by atoms with E-state index < -0.39 is 6.04 Å². The van der Waals surface area contributed by atoms with Crippen LogP contribution in [0.5, 0.6) is 5.75 Å². The first-order valence-corrected chi connectivity index (χ1v) is 12.5. The van der Waals surface area contributed by atoms with E-state index in [2.05, 4.69) is 35.1 Å². The minimum Gasteiger partial charge on any atom is -0.483 e. The Hall–Kier alpha value is -1.76. The van der Waals surface area contributed by atoms with Crippen molar-refractivity contribution in [3.8, 4) is 5.75 Å². The van der Waals surface area contributed by atoms with Crippen molar-refractivity contribution in [2.45, 2.75) is 65.6 Å². The number of nitrogens with zero attached hydrogens (tertiary/aromatic N) is 1. The van der Waals surface area contributed by atoms with E-state index >= 15 is 0 Å². The minimum atomic E-state index is -0.648. The predicted octanol–water partition coefficient (Wildman–Crippen LogP) is 6.59. The van der Waals surface area contributed by atoms with E-state index in [0.29, 0.717) is 28.1 Å². The average molecular weight is 558 g/mol. The number of hydrogen-bond donors (Lipinski definition) is 1. The van der Waals surface area contributed by atoms with E-state index in [1.807, 2.05) is 39.0 Å². The van der Waals surface area contributed by atoms with Crippen molar-refractivity contribution >= 4 is 50.9 Å². The fraction of sp³-hybridized carbons (Fsp3) is 0.440. The predicted molar refractivity (Wildman–Crippen MR) is 138 cm³/mol. The average Bonchev–Trinajstić information content (AvgIpc) is 2.74. The molecule has 0 heterocycles. The van der Waals surface area contributed by atoms with Crippen LogP contribution >= 0.6 is 39.1 Å². The normalized spacial score (nSPS) is 12.1. The third-order valence-corrected chi connectivity index (χ3v) is 6.49.